The third-order valence-corrected chi connectivity index (χ3v) is 4.84. The molecule has 0 aromatic carbocycles. The molecule has 1 aliphatic heterocycles. The van der Waals surface area contributed by atoms with Gasteiger partial charge in [0.25, 0.3) is 0 Å². The van der Waals surface area contributed by atoms with Crippen molar-refractivity contribution in [1.82, 2.24) is 0 Å². The molecule has 1 aromatic rings. The summed E-state index contributed by atoms with van der Waals surface area (Å²) in [7, 11) is 1.33. The SMILES string of the molecule is [C-]#[N+]c1c(N2CCOCC2)sc(C(=O)OC)c1Br. The Bertz CT molecular complexity index is 503. The minimum absolute atomic E-state index is 0.420. The number of rotatable bonds is 2. The summed E-state index contributed by atoms with van der Waals surface area (Å²) in [6.07, 6.45) is 0. The molecule has 0 N–H and O–H groups in total. The summed E-state index contributed by atoms with van der Waals surface area (Å²) in [5.74, 6) is -0.420. The molecule has 18 heavy (non-hydrogen) atoms. The summed E-state index contributed by atoms with van der Waals surface area (Å²) >= 11 is 4.59. The first kappa shape index (κ1) is 13.3. The van der Waals surface area contributed by atoms with Gasteiger partial charge in [0, 0.05) is 13.1 Å². The molecule has 1 aromatic heterocycles. The molecule has 0 atom stereocenters. The van der Waals surface area contributed by atoms with Gasteiger partial charge in [0.15, 0.2) is 0 Å². The second-order valence-electron chi connectivity index (χ2n) is 3.60. The molecule has 2 heterocycles. The molecule has 1 aliphatic rings. The van der Waals surface area contributed by atoms with Crippen LogP contribution in [0.5, 0.6) is 0 Å². The first-order valence-corrected chi connectivity index (χ1v) is 6.90. The minimum Gasteiger partial charge on any atom is -0.465 e. The second-order valence-corrected chi connectivity index (χ2v) is 5.39. The molecule has 7 heteroatoms. The Balaban J connectivity index is 2.40. The van der Waals surface area contributed by atoms with Crippen molar-refractivity contribution in [2.45, 2.75) is 0 Å². The molecule has 0 amide bonds. The van der Waals surface area contributed by atoms with Gasteiger partial charge in [-0.2, -0.15) is 0 Å². The van der Waals surface area contributed by atoms with Crippen molar-refractivity contribution in [3.05, 3.63) is 20.8 Å². The van der Waals surface area contributed by atoms with Crippen molar-refractivity contribution < 1.29 is 14.3 Å². The zero-order chi connectivity index (χ0) is 13.1. The molecule has 0 aliphatic carbocycles. The van der Waals surface area contributed by atoms with Gasteiger partial charge in [-0.1, -0.05) is 15.9 Å². The molecule has 96 valence electrons. The molecule has 0 bridgehead atoms. The number of carbonyl (C=O) groups is 1. The minimum atomic E-state index is -0.420. The van der Waals surface area contributed by atoms with Crippen LogP contribution in [0.15, 0.2) is 4.47 Å². The maximum Gasteiger partial charge on any atom is 0.347 e. The molecule has 0 spiro atoms. The number of nitrogens with zero attached hydrogens (tertiary/aromatic N) is 2. The van der Waals surface area contributed by atoms with Gasteiger partial charge in [-0.05, 0) is 0 Å². The summed E-state index contributed by atoms with van der Waals surface area (Å²) < 4.78 is 10.5. The summed E-state index contributed by atoms with van der Waals surface area (Å²) in [6.45, 7) is 9.99. The quantitative estimate of drug-likeness (QED) is 0.617. The number of halogens is 1. The van der Waals surface area contributed by atoms with Crippen LogP contribution in [-0.4, -0.2) is 39.4 Å². The van der Waals surface area contributed by atoms with Crippen LogP contribution in [0.1, 0.15) is 9.67 Å². The van der Waals surface area contributed by atoms with Crippen LogP contribution in [0.4, 0.5) is 10.7 Å². The Labute approximate surface area is 117 Å². The van der Waals surface area contributed by atoms with Crippen LogP contribution >= 0.6 is 27.3 Å². The van der Waals surface area contributed by atoms with Gasteiger partial charge in [0.05, 0.1) is 36.4 Å². The zero-order valence-electron chi connectivity index (χ0n) is 9.73. The third-order valence-electron chi connectivity index (χ3n) is 2.59. The molecular formula is C11H11BrN2O3S. The van der Waals surface area contributed by atoms with Crippen molar-refractivity contribution in [3.8, 4) is 0 Å². The number of hydrogen-bond donors (Lipinski definition) is 0. The lowest BCUT2D eigenvalue weighted by Crippen LogP contribution is -2.35. The number of esters is 1. The van der Waals surface area contributed by atoms with Crippen LogP contribution in [-0.2, 0) is 9.47 Å². The van der Waals surface area contributed by atoms with E-state index in [1.807, 2.05) is 0 Å². The molecular weight excluding hydrogens is 320 g/mol. The van der Waals surface area contributed by atoms with Gasteiger partial charge in [-0.25, -0.2) is 9.64 Å². The van der Waals surface area contributed by atoms with Gasteiger partial charge < -0.3 is 14.4 Å². The lowest BCUT2D eigenvalue weighted by Gasteiger charge is -2.27. The van der Waals surface area contributed by atoms with Gasteiger partial charge in [0.2, 0.25) is 5.69 Å². The highest BCUT2D eigenvalue weighted by Crippen LogP contribution is 2.46. The average Bonchev–Trinajstić information content (AvgIpc) is 2.76. The van der Waals surface area contributed by atoms with Crippen molar-refractivity contribution in [2.75, 3.05) is 38.3 Å². The molecule has 1 saturated heterocycles. The highest BCUT2D eigenvalue weighted by Gasteiger charge is 2.26. The topological polar surface area (TPSA) is 43.1 Å². The molecule has 0 unspecified atom stereocenters. The number of methoxy groups -OCH3 is 1. The number of anilines is 1. The van der Waals surface area contributed by atoms with E-state index in [4.69, 9.17) is 16.0 Å². The number of morpholine rings is 1. The lowest BCUT2D eigenvalue weighted by atomic mass is 10.3. The highest BCUT2D eigenvalue weighted by atomic mass is 79.9. The van der Waals surface area contributed by atoms with Crippen molar-refractivity contribution in [2.24, 2.45) is 0 Å². The van der Waals surface area contributed by atoms with E-state index in [0.29, 0.717) is 28.3 Å². The smallest absolute Gasteiger partial charge is 0.347 e. The summed E-state index contributed by atoms with van der Waals surface area (Å²) in [4.78, 5) is 17.6. The van der Waals surface area contributed by atoms with E-state index in [-0.39, 0.29) is 0 Å². The van der Waals surface area contributed by atoms with E-state index < -0.39 is 5.97 Å². The van der Waals surface area contributed by atoms with E-state index in [0.717, 1.165) is 18.1 Å². The molecule has 2 rings (SSSR count). The number of ether oxygens (including phenoxy) is 2. The normalized spacial score (nSPS) is 15.3. The fourth-order valence-corrected chi connectivity index (χ4v) is 3.61. The molecule has 5 nitrogen and oxygen atoms in total. The van der Waals surface area contributed by atoms with E-state index in [9.17, 15) is 4.79 Å². The standard InChI is InChI=1S/C11H11BrN2O3S/c1-13-8-7(12)9(11(15)16-2)18-10(8)14-3-5-17-6-4-14/h3-6H2,2H3. The summed E-state index contributed by atoms with van der Waals surface area (Å²) in [5, 5.41) is 0.806. The Morgan fingerprint density at radius 3 is 2.78 bits per heavy atom. The van der Waals surface area contributed by atoms with Crippen LogP contribution < -0.4 is 4.90 Å². The van der Waals surface area contributed by atoms with Crippen molar-refractivity contribution in [3.63, 3.8) is 0 Å². The van der Waals surface area contributed by atoms with Crippen LogP contribution in [0.2, 0.25) is 0 Å². The van der Waals surface area contributed by atoms with E-state index in [2.05, 4.69) is 25.7 Å². The first-order chi connectivity index (χ1) is 8.69. The predicted molar refractivity (Wildman–Crippen MR) is 72.7 cm³/mol. The van der Waals surface area contributed by atoms with Crippen molar-refractivity contribution in [1.29, 1.82) is 0 Å². The Hall–Kier alpha value is -1.10. The number of hydrogen-bond acceptors (Lipinski definition) is 5. The lowest BCUT2D eigenvalue weighted by molar-refractivity contribution is 0.0605. The highest BCUT2D eigenvalue weighted by molar-refractivity contribution is 9.10. The Morgan fingerprint density at radius 1 is 1.56 bits per heavy atom. The van der Waals surface area contributed by atoms with Crippen LogP contribution in [0, 0.1) is 6.57 Å². The molecule has 0 saturated carbocycles. The number of thiophene rings is 1. The van der Waals surface area contributed by atoms with E-state index >= 15 is 0 Å². The molecule has 1 fully saturated rings. The van der Waals surface area contributed by atoms with Gasteiger partial charge in [-0.15, -0.1) is 11.3 Å². The maximum atomic E-state index is 11.6. The van der Waals surface area contributed by atoms with E-state index in [1.165, 1.54) is 18.4 Å². The second kappa shape index (κ2) is 5.69. The van der Waals surface area contributed by atoms with Gasteiger partial charge >= 0.3 is 5.97 Å². The average molecular weight is 331 g/mol. The van der Waals surface area contributed by atoms with Crippen LogP contribution in [0.3, 0.4) is 0 Å². The summed E-state index contributed by atoms with van der Waals surface area (Å²) in [5.41, 5.74) is 0.474. The zero-order valence-corrected chi connectivity index (χ0v) is 12.1. The Morgan fingerprint density at radius 2 is 2.22 bits per heavy atom. The van der Waals surface area contributed by atoms with Crippen molar-refractivity contribution >= 4 is 43.9 Å². The fourth-order valence-electron chi connectivity index (χ4n) is 1.69. The van der Waals surface area contributed by atoms with E-state index in [1.54, 1.807) is 0 Å². The Kier molecular flexibility index (Phi) is 4.22. The molecule has 0 radical (unpaired) electrons. The summed E-state index contributed by atoms with van der Waals surface area (Å²) in [6, 6.07) is 0. The fraction of sp³-hybridized carbons (Fsp3) is 0.455. The van der Waals surface area contributed by atoms with Gasteiger partial charge in [0.1, 0.15) is 4.88 Å². The monoisotopic (exact) mass is 330 g/mol. The van der Waals surface area contributed by atoms with Gasteiger partial charge in [-0.3, -0.25) is 0 Å². The van der Waals surface area contributed by atoms with Crippen LogP contribution in [0.25, 0.3) is 4.85 Å². The maximum absolute atomic E-state index is 11.6. The number of carbonyl (C=O) groups excluding carboxylic acids is 1. The third kappa shape index (κ3) is 2.36. The first-order valence-electron chi connectivity index (χ1n) is 5.29. The predicted octanol–water partition coefficient (Wildman–Crippen LogP) is 2.68. The largest absolute Gasteiger partial charge is 0.465 e.